The Hall–Kier alpha value is -1.65. The van der Waals surface area contributed by atoms with Gasteiger partial charge in [0.2, 0.25) is 0 Å². The second kappa shape index (κ2) is 2.77. The van der Waals surface area contributed by atoms with Crippen LogP contribution in [0.3, 0.4) is 0 Å². The highest BCUT2D eigenvalue weighted by Gasteiger charge is 1.97. The average molecular weight is 139 g/mol. The molecule has 0 aliphatic carbocycles. The topological polar surface area (TPSA) is 78.1 Å². The molecule has 0 aliphatic rings. The predicted molar refractivity (Wildman–Crippen MR) is 32.2 cm³/mol. The molecule has 0 bridgehead atoms. The van der Waals surface area contributed by atoms with Gasteiger partial charge in [-0.25, -0.2) is 14.8 Å². The molecule has 1 aromatic heterocycles. The summed E-state index contributed by atoms with van der Waals surface area (Å²) in [5.74, 6) is 0. The Bertz CT molecular complexity index is 224. The van der Waals surface area contributed by atoms with E-state index in [9.17, 15) is 4.79 Å². The van der Waals surface area contributed by atoms with Gasteiger partial charge in [0.05, 0.1) is 0 Å². The van der Waals surface area contributed by atoms with E-state index in [4.69, 9.17) is 0 Å². The molecule has 52 valence electrons. The van der Waals surface area contributed by atoms with E-state index in [1.54, 1.807) is 6.07 Å². The number of ether oxygens (including phenoxy) is 1. The van der Waals surface area contributed by atoms with Crippen molar-refractivity contribution in [1.82, 2.24) is 9.97 Å². The van der Waals surface area contributed by atoms with Gasteiger partial charge in [0.25, 0.3) is 0 Å². The van der Waals surface area contributed by atoms with Crippen molar-refractivity contribution in [3.63, 3.8) is 0 Å². The van der Waals surface area contributed by atoms with E-state index in [0.717, 1.165) is 0 Å². The Morgan fingerprint density at radius 1 is 1.50 bits per heavy atom. The van der Waals surface area contributed by atoms with E-state index in [-0.39, 0.29) is 6.01 Å². The summed E-state index contributed by atoms with van der Waals surface area (Å²) in [7, 11) is 0. The van der Waals surface area contributed by atoms with Crippen molar-refractivity contribution in [3.05, 3.63) is 18.5 Å². The summed E-state index contributed by atoms with van der Waals surface area (Å²) in [5, 5.41) is 0. The molecule has 1 heterocycles. The van der Waals surface area contributed by atoms with Crippen LogP contribution in [0.25, 0.3) is 0 Å². The molecule has 0 radical (unpaired) electrons. The van der Waals surface area contributed by atoms with Crippen molar-refractivity contribution in [2.45, 2.75) is 0 Å². The SMILES string of the molecule is NC(=O)Oc1ncccn1. The number of hydrogen-bond acceptors (Lipinski definition) is 4. The van der Waals surface area contributed by atoms with Gasteiger partial charge in [-0.3, -0.25) is 0 Å². The second-order valence-corrected chi connectivity index (χ2v) is 1.45. The minimum absolute atomic E-state index is 0.0324. The summed E-state index contributed by atoms with van der Waals surface area (Å²) in [4.78, 5) is 17.3. The van der Waals surface area contributed by atoms with Crippen molar-refractivity contribution < 1.29 is 9.53 Å². The van der Waals surface area contributed by atoms with Crippen LogP contribution in [-0.2, 0) is 0 Å². The van der Waals surface area contributed by atoms with Crippen LogP contribution >= 0.6 is 0 Å². The minimum Gasteiger partial charge on any atom is -0.374 e. The van der Waals surface area contributed by atoms with Gasteiger partial charge in [0.1, 0.15) is 0 Å². The smallest absolute Gasteiger partial charge is 0.374 e. The van der Waals surface area contributed by atoms with Crippen molar-refractivity contribution >= 4 is 6.09 Å². The highest BCUT2D eigenvalue weighted by atomic mass is 16.6. The molecule has 0 unspecified atom stereocenters. The van der Waals surface area contributed by atoms with Crippen molar-refractivity contribution in [2.75, 3.05) is 0 Å². The molecule has 0 saturated carbocycles. The summed E-state index contributed by atoms with van der Waals surface area (Å²) in [6, 6.07) is 1.57. The van der Waals surface area contributed by atoms with E-state index in [1.807, 2.05) is 0 Å². The van der Waals surface area contributed by atoms with Crippen LogP contribution in [0, 0.1) is 0 Å². The molecule has 0 atom stereocenters. The van der Waals surface area contributed by atoms with E-state index in [0.29, 0.717) is 0 Å². The van der Waals surface area contributed by atoms with Crippen LogP contribution in [0.2, 0.25) is 0 Å². The van der Waals surface area contributed by atoms with Gasteiger partial charge < -0.3 is 10.5 Å². The monoisotopic (exact) mass is 139 g/mol. The highest BCUT2D eigenvalue weighted by molar-refractivity contribution is 5.66. The lowest BCUT2D eigenvalue weighted by molar-refractivity contribution is 0.207. The Labute approximate surface area is 56.9 Å². The van der Waals surface area contributed by atoms with E-state index in [2.05, 4.69) is 20.4 Å². The quantitative estimate of drug-likeness (QED) is 0.590. The lowest BCUT2D eigenvalue weighted by Crippen LogP contribution is -2.17. The third-order valence-electron chi connectivity index (χ3n) is 0.734. The molecule has 0 aliphatic heterocycles. The molecule has 0 fully saturated rings. The number of nitrogens with two attached hydrogens (primary N) is 1. The van der Waals surface area contributed by atoms with Gasteiger partial charge in [0.15, 0.2) is 0 Å². The molecule has 5 nitrogen and oxygen atoms in total. The van der Waals surface area contributed by atoms with Crippen LogP contribution in [0.15, 0.2) is 18.5 Å². The molecule has 1 amide bonds. The van der Waals surface area contributed by atoms with E-state index < -0.39 is 6.09 Å². The van der Waals surface area contributed by atoms with Crippen LogP contribution in [-0.4, -0.2) is 16.1 Å². The first-order valence-corrected chi connectivity index (χ1v) is 2.53. The normalized spacial score (nSPS) is 8.80. The molecule has 1 aromatic rings. The van der Waals surface area contributed by atoms with E-state index >= 15 is 0 Å². The van der Waals surface area contributed by atoms with Gasteiger partial charge in [-0.2, -0.15) is 0 Å². The molecule has 5 heteroatoms. The third kappa shape index (κ3) is 1.70. The van der Waals surface area contributed by atoms with Crippen LogP contribution in [0.1, 0.15) is 0 Å². The maximum Gasteiger partial charge on any atom is 0.412 e. The van der Waals surface area contributed by atoms with Crippen molar-refractivity contribution in [3.8, 4) is 6.01 Å². The fraction of sp³-hybridized carbons (Fsp3) is 0. The summed E-state index contributed by atoms with van der Waals surface area (Å²) in [6.07, 6.45) is 1.99. The largest absolute Gasteiger partial charge is 0.412 e. The molecule has 1 rings (SSSR count). The molecular formula is C5H5N3O2. The lowest BCUT2D eigenvalue weighted by Gasteiger charge is -1.93. The summed E-state index contributed by atoms with van der Waals surface area (Å²) >= 11 is 0. The zero-order valence-corrected chi connectivity index (χ0v) is 5.02. The van der Waals surface area contributed by atoms with Crippen LogP contribution in [0.4, 0.5) is 4.79 Å². The summed E-state index contributed by atoms with van der Waals surface area (Å²) in [6.45, 7) is 0. The fourth-order valence-corrected chi connectivity index (χ4v) is 0.428. The molecule has 0 aromatic carbocycles. The van der Waals surface area contributed by atoms with Crippen LogP contribution in [0.5, 0.6) is 6.01 Å². The number of rotatable bonds is 1. The maximum absolute atomic E-state index is 10.1. The van der Waals surface area contributed by atoms with Gasteiger partial charge >= 0.3 is 12.1 Å². The van der Waals surface area contributed by atoms with Gasteiger partial charge in [-0.15, -0.1) is 0 Å². The Morgan fingerprint density at radius 3 is 2.60 bits per heavy atom. The van der Waals surface area contributed by atoms with Gasteiger partial charge in [0, 0.05) is 12.4 Å². The lowest BCUT2D eigenvalue weighted by atomic mass is 10.7. The third-order valence-corrected chi connectivity index (χ3v) is 0.734. The van der Waals surface area contributed by atoms with Crippen molar-refractivity contribution in [2.24, 2.45) is 5.73 Å². The predicted octanol–water partition coefficient (Wildman–Crippen LogP) is -0.0659. The fourth-order valence-electron chi connectivity index (χ4n) is 0.428. The first-order chi connectivity index (χ1) is 4.79. The Balaban J connectivity index is 2.67. The summed E-state index contributed by atoms with van der Waals surface area (Å²) in [5.41, 5.74) is 4.68. The number of amides is 1. The first kappa shape index (κ1) is 6.47. The Kier molecular flexibility index (Phi) is 1.79. The molecule has 2 N–H and O–H groups in total. The zero-order chi connectivity index (χ0) is 7.40. The van der Waals surface area contributed by atoms with Crippen LogP contribution < -0.4 is 10.5 Å². The Morgan fingerprint density at radius 2 is 2.10 bits per heavy atom. The number of carbonyl (C=O) groups is 1. The standard InChI is InChI=1S/C5H5N3O2/c6-4(9)10-5-7-2-1-3-8-5/h1-3H,(H2,6,9). The van der Waals surface area contributed by atoms with Crippen molar-refractivity contribution in [1.29, 1.82) is 0 Å². The number of carbonyl (C=O) groups excluding carboxylic acids is 1. The summed E-state index contributed by atoms with van der Waals surface area (Å²) < 4.78 is 4.33. The average Bonchev–Trinajstić information content (AvgIpc) is 1.88. The number of nitrogens with zero attached hydrogens (tertiary/aromatic N) is 2. The number of hydrogen-bond donors (Lipinski definition) is 1. The van der Waals surface area contributed by atoms with E-state index in [1.165, 1.54) is 12.4 Å². The zero-order valence-electron chi connectivity index (χ0n) is 5.02. The van der Waals surface area contributed by atoms with Gasteiger partial charge in [-0.05, 0) is 6.07 Å². The second-order valence-electron chi connectivity index (χ2n) is 1.45. The highest BCUT2D eigenvalue weighted by Crippen LogP contribution is 1.95. The maximum atomic E-state index is 10.1. The molecular weight excluding hydrogens is 134 g/mol. The molecule has 10 heavy (non-hydrogen) atoms. The molecule has 0 spiro atoms. The van der Waals surface area contributed by atoms with Gasteiger partial charge in [-0.1, -0.05) is 0 Å². The number of primary amides is 1. The number of aromatic nitrogens is 2. The minimum atomic E-state index is -0.911. The first-order valence-electron chi connectivity index (χ1n) is 2.53. The molecule has 0 saturated heterocycles.